The summed E-state index contributed by atoms with van der Waals surface area (Å²) in [6.07, 6.45) is 0.186. The predicted molar refractivity (Wildman–Crippen MR) is 39.5 cm³/mol. The average Bonchev–Trinajstić information content (AvgIpc) is 1.87. The van der Waals surface area contributed by atoms with Gasteiger partial charge in [0.05, 0.1) is 5.54 Å². The van der Waals surface area contributed by atoms with E-state index in [0.29, 0.717) is 0 Å². The van der Waals surface area contributed by atoms with Gasteiger partial charge in [-0.3, -0.25) is 4.79 Å². The van der Waals surface area contributed by atoms with Crippen LogP contribution in [0.4, 0.5) is 0 Å². The lowest BCUT2D eigenvalue weighted by Crippen LogP contribution is -2.36. The third-order valence-electron chi connectivity index (χ3n) is 1.34. The molecule has 0 rings (SSSR count). The number of nitrogens with one attached hydrogen (secondary N) is 1. The molecule has 4 N–H and O–H groups in total. The van der Waals surface area contributed by atoms with Gasteiger partial charge in [0.15, 0.2) is 0 Å². The van der Waals surface area contributed by atoms with Crippen LogP contribution in [0.1, 0.15) is 20.3 Å². The minimum absolute atomic E-state index is 0.186. The Kier molecular flexibility index (Phi) is 3.13. The summed E-state index contributed by atoms with van der Waals surface area (Å²) >= 11 is 0. The van der Waals surface area contributed by atoms with Crippen LogP contribution >= 0.6 is 0 Å². The van der Waals surface area contributed by atoms with Crippen LogP contribution in [-0.4, -0.2) is 22.7 Å². The van der Waals surface area contributed by atoms with Gasteiger partial charge in [0, 0.05) is 0 Å². The molecule has 0 saturated carbocycles. The zero-order valence-corrected chi connectivity index (χ0v) is 6.66. The van der Waals surface area contributed by atoms with Crippen LogP contribution in [0.2, 0.25) is 0 Å². The molecule has 0 aliphatic carbocycles. The first-order chi connectivity index (χ1) is 4.89. The van der Waals surface area contributed by atoms with Crippen molar-refractivity contribution in [1.82, 2.24) is 0 Å². The maximum atomic E-state index is 10.3. The van der Waals surface area contributed by atoms with Gasteiger partial charge < -0.3 is 10.8 Å². The van der Waals surface area contributed by atoms with Gasteiger partial charge in [-0.05, 0) is 20.3 Å². The summed E-state index contributed by atoms with van der Waals surface area (Å²) < 4.78 is 0. The summed E-state index contributed by atoms with van der Waals surface area (Å²) in [7, 11) is 0. The van der Waals surface area contributed by atoms with E-state index in [1.807, 2.05) is 0 Å². The third-order valence-corrected chi connectivity index (χ3v) is 1.34. The monoisotopic (exact) mass is 159 g/mol. The molecule has 1 atom stereocenters. The van der Waals surface area contributed by atoms with Gasteiger partial charge in [-0.2, -0.15) is 5.11 Å². The molecule has 64 valence electrons. The van der Waals surface area contributed by atoms with Gasteiger partial charge in [-0.1, -0.05) is 0 Å². The molecule has 0 radical (unpaired) electrons. The summed E-state index contributed by atoms with van der Waals surface area (Å²) in [5.74, 6) is -1.05. The fourth-order valence-electron chi connectivity index (χ4n) is 0.671. The predicted octanol–water partition coefficient (Wildman–Crippen LogP) is 0.598. The second-order valence-electron chi connectivity index (χ2n) is 3.07. The molecule has 0 aliphatic rings. The molecule has 0 aromatic rings. The lowest BCUT2D eigenvalue weighted by molar-refractivity contribution is -0.139. The van der Waals surface area contributed by atoms with E-state index < -0.39 is 17.6 Å². The second kappa shape index (κ2) is 3.43. The Hall–Kier alpha value is -0.970. The topological polar surface area (TPSA) is 99.5 Å². The van der Waals surface area contributed by atoms with E-state index >= 15 is 0 Å². The number of carbonyl (C=O) groups is 1. The molecular weight excluding hydrogens is 146 g/mol. The van der Waals surface area contributed by atoms with Crippen molar-refractivity contribution in [1.29, 1.82) is 5.53 Å². The molecule has 0 aromatic heterocycles. The fraction of sp³-hybridized carbons (Fsp3) is 0.833. The van der Waals surface area contributed by atoms with Crippen LogP contribution in [0.5, 0.6) is 0 Å². The summed E-state index contributed by atoms with van der Waals surface area (Å²) in [5, 5.41) is 11.7. The van der Waals surface area contributed by atoms with Crippen LogP contribution in [-0.2, 0) is 4.79 Å². The second-order valence-corrected chi connectivity index (χ2v) is 3.07. The molecule has 0 bridgehead atoms. The number of aliphatic carboxylic acids is 1. The highest BCUT2D eigenvalue weighted by Gasteiger charge is 2.24. The maximum absolute atomic E-state index is 10.3. The van der Waals surface area contributed by atoms with Crippen LogP contribution in [0.25, 0.3) is 0 Å². The Morgan fingerprint density at radius 3 is 2.55 bits per heavy atom. The normalized spacial score (nSPS) is 14.1. The summed E-state index contributed by atoms with van der Waals surface area (Å²) in [5.41, 5.74) is 11.3. The van der Waals surface area contributed by atoms with E-state index in [-0.39, 0.29) is 6.42 Å². The molecular formula is C6H13N3O2. The highest BCUT2D eigenvalue weighted by Crippen LogP contribution is 2.14. The highest BCUT2D eigenvalue weighted by atomic mass is 16.4. The number of carboxylic acid groups (broad SMARTS) is 1. The molecule has 0 spiro atoms. The molecule has 0 heterocycles. The van der Waals surface area contributed by atoms with Gasteiger partial charge in [-0.25, -0.2) is 5.53 Å². The molecule has 5 nitrogen and oxygen atoms in total. The quantitative estimate of drug-likeness (QED) is 0.523. The first kappa shape index (κ1) is 10.0. The molecule has 0 aliphatic heterocycles. The Balaban J connectivity index is 4.03. The Bertz CT molecular complexity index is 167. The number of nitrogens with two attached hydrogens (primary N) is 1. The van der Waals surface area contributed by atoms with Crippen LogP contribution in [0, 0.1) is 5.53 Å². The molecule has 5 heteroatoms. The van der Waals surface area contributed by atoms with Crippen LogP contribution < -0.4 is 5.73 Å². The van der Waals surface area contributed by atoms with Crippen molar-refractivity contribution >= 4 is 5.97 Å². The van der Waals surface area contributed by atoms with Gasteiger partial charge in [0.1, 0.15) is 6.04 Å². The molecule has 0 unspecified atom stereocenters. The van der Waals surface area contributed by atoms with E-state index in [4.69, 9.17) is 16.4 Å². The van der Waals surface area contributed by atoms with Gasteiger partial charge in [0.25, 0.3) is 0 Å². The largest absolute Gasteiger partial charge is 0.480 e. The van der Waals surface area contributed by atoms with Crippen molar-refractivity contribution in [3.05, 3.63) is 0 Å². The van der Waals surface area contributed by atoms with Crippen LogP contribution in [0.3, 0.4) is 0 Å². The number of rotatable bonds is 4. The van der Waals surface area contributed by atoms with Crippen molar-refractivity contribution in [2.24, 2.45) is 10.8 Å². The zero-order valence-electron chi connectivity index (χ0n) is 6.66. The summed E-state index contributed by atoms with van der Waals surface area (Å²) in [6.45, 7) is 3.34. The Labute approximate surface area is 65.1 Å². The zero-order chi connectivity index (χ0) is 9.07. The average molecular weight is 159 g/mol. The standard InChI is InChI=1S/C6H13N3O2/c1-6(2,9-8)3-4(7)5(10)11/h4,8H,3,7H2,1-2H3,(H,10,11)/t4-/m0/s1. The van der Waals surface area contributed by atoms with Gasteiger partial charge in [0.2, 0.25) is 0 Å². The molecule has 11 heavy (non-hydrogen) atoms. The summed E-state index contributed by atoms with van der Waals surface area (Å²) in [4.78, 5) is 10.3. The van der Waals surface area contributed by atoms with Crippen molar-refractivity contribution in [3.63, 3.8) is 0 Å². The first-order valence-corrected chi connectivity index (χ1v) is 3.26. The van der Waals surface area contributed by atoms with Crippen molar-refractivity contribution in [2.75, 3.05) is 0 Å². The lowest BCUT2D eigenvalue weighted by Gasteiger charge is -2.18. The van der Waals surface area contributed by atoms with Crippen molar-refractivity contribution < 1.29 is 9.90 Å². The minimum Gasteiger partial charge on any atom is -0.480 e. The fourth-order valence-corrected chi connectivity index (χ4v) is 0.671. The minimum atomic E-state index is -1.05. The maximum Gasteiger partial charge on any atom is 0.320 e. The van der Waals surface area contributed by atoms with E-state index in [1.165, 1.54) is 0 Å². The SMILES string of the molecule is CC(C)(C[C@H](N)C(=O)O)N=N. The third kappa shape index (κ3) is 3.67. The highest BCUT2D eigenvalue weighted by molar-refractivity contribution is 5.73. The van der Waals surface area contributed by atoms with Crippen molar-refractivity contribution in [3.8, 4) is 0 Å². The van der Waals surface area contributed by atoms with Crippen molar-refractivity contribution in [2.45, 2.75) is 31.8 Å². The molecule has 0 fully saturated rings. The number of carboxylic acids is 1. The molecule has 0 saturated heterocycles. The number of hydrogen-bond donors (Lipinski definition) is 3. The molecule has 0 aromatic carbocycles. The first-order valence-electron chi connectivity index (χ1n) is 3.26. The lowest BCUT2D eigenvalue weighted by atomic mass is 9.97. The smallest absolute Gasteiger partial charge is 0.320 e. The van der Waals surface area contributed by atoms with Gasteiger partial charge >= 0.3 is 5.97 Å². The van der Waals surface area contributed by atoms with E-state index in [0.717, 1.165) is 0 Å². The number of hydrogen-bond acceptors (Lipinski definition) is 4. The van der Waals surface area contributed by atoms with E-state index in [1.54, 1.807) is 13.8 Å². The van der Waals surface area contributed by atoms with Gasteiger partial charge in [-0.15, -0.1) is 0 Å². The van der Waals surface area contributed by atoms with E-state index in [9.17, 15) is 4.79 Å². The van der Waals surface area contributed by atoms with Crippen LogP contribution in [0.15, 0.2) is 5.11 Å². The Morgan fingerprint density at radius 2 is 2.27 bits per heavy atom. The van der Waals surface area contributed by atoms with E-state index in [2.05, 4.69) is 5.11 Å². The molecule has 0 amide bonds. The summed E-state index contributed by atoms with van der Waals surface area (Å²) in [6, 6.07) is -0.931. The Morgan fingerprint density at radius 1 is 1.82 bits per heavy atom. The number of nitrogens with zero attached hydrogens (tertiary/aromatic N) is 1.